The van der Waals surface area contributed by atoms with Crippen molar-refractivity contribution in [2.24, 2.45) is 5.92 Å². The van der Waals surface area contributed by atoms with E-state index >= 15 is 0 Å². The smallest absolute Gasteiger partial charge is 0.243 e. The van der Waals surface area contributed by atoms with Gasteiger partial charge in [0.05, 0.1) is 16.8 Å². The Morgan fingerprint density at radius 3 is 2.42 bits per heavy atom. The lowest BCUT2D eigenvalue weighted by atomic mass is 9.97. The number of carbonyl (C=O) groups is 1. The summed E-state index contributed by atoms with van der Waals surface area (Å²) >= 11 is 0. The average Bonchev–Trinajstić information content (AvgIpc) is 3.27. The van der Waals surface area contributed by atoms with Gasteiger partial charge in [-0.25, -0.2) is 17.5 Å². The minimum Gasteiger partial charge on any atom is -0.352 e. The van der Waals surface area contributed by atoms with Crippen LogP contribution in [0.4, 0.5) is 4.39 Å². The van der Waals surface area contributed by atoms with E-state index in [1.165, 1.54) is 16.4 Å². The monoisotopic (exact) mass is 442 g/mol. The van der Waals surface area contributed by atoms with Crippen molar-refractivity contribution in [3.8, 4) is 5.69 Å². The van der Waals surface area contributed by atoms with Crippen LogP contribution in [0, 0.1) is 11.7 Å². The number of aromatic nitrogens is 2. The quantitative estimate of drug-likeness (QED) is 0.636. The lowest BCUT2D eigenvalue weighted by molar-refractivity contribution is -0.126. The Morgan fingerprint density at radius 2 is 1.74 bits per heavy atom. The second kappa shape index (κ2) is 8.99. The van der Waals surface area contributed by atoms with Gasteiger partial charge in [-0.05, 0) is 49.2 Å². The van der Waals surface area contributed by atoms with Crippen molar-refractivity contribution in [3.63, 3.8) is 0 Å². The fraction of sp³-hybridized carbons (Fsp3) is 0.273. The van der Waals surface area contributed by atoms with E-state index < -0.39 is 15.8 Å². The van der Waals surface area contributed by atoms with Gasteiger partial charge in [-0.1, -0.05) is 18.2 Å². The highest BCUT2D eigenvalue weighted by atomic mass is 32.2. The summed E-state index contributed by atoms with van der Waals surface area (Å²) in [6.07, 6.45) is 4.46. The molecule has 3 aromatic rings. The van der Waals surface area contributed by atoms with E-state index in [9.17, 15) is 17.6 Å². The van der Waals surface area contributed by atoms with Crippen LogP contribution in [0.3, 0.4) is 0 Å². The zero-order valence-corrected chi connectivity index (χ0v) is 17.6. The van der Waals surface area contributed by atoms with Crippen molar-refractivity contribution in [2.45, 2.75) is 24.3 Å². The molecule has 1 aliphatic rings. The Kier molecular flexibility index (Phi) is 6.15. The molecule has 1 aromatic heterocycles. The number of sulfonamides is 1. The highest BCUT2D eigenvalue weighted by Gasteiger charge is 2.32. The summed E-state index contributed by atoms with van der Waals surface area (Å²) in [6, 6.07) is 14.5. The molecule has 0 radical (unpaired) electrons. The number of nitrogens with one attached hydrogen (secondary N) is 1. The molecular formula is C22H23FN4O3S. The van der Waals surface area contributed by atoms with E-state index in [1.807, 2.05) is 36.5 Å². The van der Waals surface area contributed by atoms with Crippen LogP contribution >= 0.6 is 0 Å². The first-order valence-electron chi connectivity index (χ1n) is 10.1. The van der Waals surface area contributed by atoms with Gasteiger partial charge in [-0.3, -0.25) is 4.79 Å². The van der Waals surface area contributed by atoms with E-state index in [1.54, 1.807) is 10.9 Å². The molecule has 0 spiro atoms. The van der Waals surface area contributed by atoms with Gasteiger partial charge in [0.2, 0.25) is 15.9 Å². The van der Waals surface area contributed by atoms with Gasteiger partial charge in [0.1, 0.15) is 5.82 Å². The van der Waals surface area contributed by atoms with Crippen molar-refractivity contribution in [2.75, 3.05) is 13.1 Å². The lowest BCUT2D eigenvalue weighted by Gasteiger charge is -2.30. The molecule has 0 saturated carbocycles. The number of nitrogens with zero attached hydrogens (tertiary/aromatic N) is 3. The predicted octanol–water partition coefficient (Wildman–Crippen LogP) is 2.73. The summed E-state index contributed by atoms with van der Waals surface area (Å²) in [7, 11) is -3.68. The van der Waals surface area contributed by atoms with Gasteiger partial charge in [-0.2, -0.15) is 9.40 Å². The molecular weight excluding hydrogens is 419 g/mol. The molecule has 4 rings (SSSR count). The number of halogens is 1. The molecule has 7 nitrogen and oxygen atoms in total. The van der Waals surface area contributed by atoms with Crippen molar-refractivity contribution < 1.29 is 17.6 Å². The maximum absolute atomic E-state index is 13.1. The number of hydrogen-bond donors (Lipinski definition) is 1. The first-order valence-corrected chi connectivity index (χ1v) is 11.5. The second-order valence-electron chi connectivity index (χ2n) is 7.48. The third-order valence-electron chi connectivity index (χ3n) is 5.40. The zero-order valence-electron chi connectivity index (χ0n) is 16.8. The van der Waals surface area contributed by atoms with Gasteiger partial charge in [0, 0.05) is 37.3 Å². The number of para-hydroxylation sites is 1. The molecule has 2 heterocycles. The summed E-state index contributed by atoms with van der Waals surface area (Å²) in [4.78, 5) is 12.6. The molecule has 9 heteroatoms. The Labute approximate surface area is 180 Å². The van der Waals surface area contributed by atoms with Crippen molar-refractivity contribution in [1.82, 2.24) is 19.4 Å². The van der Waals surface area contributed by atoms with Gasteiger partial charge in [0.15, 0.2) is 0 Å². The van der Waals surface area contributed by atoms with Crippen LogP contribution in [0.5, 0.6) is 0 Å². The van der Waals surface area contributed by atoms with Crippen molar-refractivity contribution in [1.29, 1.82) is 0 Å². The minimum atomic E-state index is -3.68. The number of rotatable bonds is 6. The normalized spacial score (nSPS) is 15.6. The van der Waals surface area contributed by atoms with Crippen LogP contribution in [0.2, 0.25) is 0 Å². The summed E-state index contributed by atoms with van der Waals surface area (Å²) < 4.78 is 41.6. The third kappa shape index (κ3) is 4.83. The SMILES string of the molecule is O=C(NCc1cnn(-c2ccccc2)c1)C1CCN(S(=O)(=O)c2ccc(F)cc2)CC1. The van der Waals surface area contributed by atoms with E-state index in [0.29, 0.717) is 19.4 Å². The Bertz CT molecular complexity index is 1140. The summed E-state index contributed by atoms with van der Waals surface area (Å²) in [6.45, 7) is 0.868. The topological polar surface area (TPSA) is 84.3 Å². The molecule has 1 saturated heterocycles. The third-order valence-corrected chi connectivity index (χ3v) is 7.31. The Balaban J connectivity index is 1.30. The molecule has 162 valence electrons. The fourth-order valence-corrected chi connectivity index (χ4v) is 5.09. The molecule has 0 atom stereocenters. The largest absolute Gasteiger partial charge is 0.352 e. The van der Waals surface area contributed by atoms with Crippen LogP contribution in [-0.4, -0.2) is 41.5 Å². The predicted molar refractivity (Wildman–Crippen MR) is 113 cm³/mol. The van der Waals surface area contributed by atoms with Crippen molar-refractivity contribution in [3.05, 3.63) is 78.4 Å². The van der Waals surface area contributed by atoms with Gasteiger partial charge in [-0.15, -0.1) is 0 Å². The van der Waals surface area contributed by atoms with E-state index in [4.69, 9.17) is 0 Å². The van der Waals surface area contributed by atoms with Crippen LogP contribution in [-0.2, 0) is 21.4 Å². The van der Waals surface area contributed by atoms with Gasteiger partial charge >= 0.3 is 0 Å². The van der Waals surface area contributed by atoms with Crippen molar-refractivity contribution >= 4 is 15.9 Å². The summed E-state index contributed by atoms with van der Waals surface area (Å²) in [5, 5.41) is 7.24. The van der Waals surface area contributed by atoms with E-state index in [2.05, 4.69) is 10.4 Å². The Morgan fingerprint density at radius 1 is 1.06 bits per heavy atom. The number of benzene rings is 2. The van der Waals surface area contributed by atoms with Crippen LogP contribution in [0.1, 0.15) is 18.4 Å². The highest BCUT2D eigenvalue weighted by molar-refractivity contribution is 7.89. The minimum absolute atomic E-state index is 0.0622. The van der Waals surface area contributed by atoms with Gasteiger partial charge in [0.25, 0.3) is 0 Å². The number of carbonyl (C=O) groups excluding carboxylic acids is 1. The molecule has 1 aliphatic heterocycles. The van der Waals surface area contributed by atoms with E-state index in [-0.39, 0.29) is 29.8 Å². The lowest BCUT2D eigenvalue weighted by Crippen LogP contribution is -2.42. The molecule has 0 unspecified atom stereocenters. The molecule has 1 amide bonds. The van der Waals surface area contributed by atoms with Crippen LogP contribution in [0.25, 0.3) is 5.69 Å². The molecule has 1 N–H and O–H groups in total. The number of hydrogen-bond acceptors (Lipinski definition) is 4. The highest BCUT2D eigenvalue weighted by Crippen LogP contribution is 2.24. The number of piperidine rings is 1. The summed E-state index contributed by atoms with van der Waals surface area (Å²) in [5.41, 5.74) is 1.82. The first-order chi connectivity index (χ1) is 14.9. The zero-order chi connectivity index (χ0) is 21.8. The first kappa shape index (κ1) is 21.2. The maximum Gasteiger partial charge on any atom is 0.243 e. The average molecular weight is 443 g/mol. The number of amides is 1. The molecule has 1 fully saturated rings. The Hall–Kier alpha value is -3.04. The maximum atomic E-state index is 13.1. The van der Waals surface area contributed by atoms with E-state index in [0.717, 1.165) is 23.4 Å². The molecule has 0 bridgehead atoms. The van der Waals surface area contributed by atoms with Crippen LogP contribution < -0.4 is 5.32 Å². The fourth-order valence-electron chi connectivity index (χ4n) is 3.62. The standard InChI is InChI=1S/C22H23FN4O3S/c23-19-6-8-21(9-7-19)31(29,30)26-12-10-18(11-13-26)22(28)24-14-17-15-25-27(16-17)20-4-2-1-3-5-20/h1-9,15-16,18H,10-14H2,(H,24,28). The molecule has 2 aromatic carbocycles. The second-order valence-corrected chi connectivity index (χ2v) is 9.42. The molecule has 31 heavy (non-hydrogen) atoms. The summed E-state index contributed by atoms with van der Waals surface area (Å²) in [5.74, 6) is -0.821. The van der Waals surface area contributed by atoms with Crippen LogP contribution in [0.15, 0.2) is 71.9 Å². The van der Waals surface area contributed by atoms with Gasteiger partial charge < -0.3 is 5.32 Å². The molecule has 0 aliphatic carbocycles.